The van der Waals surface area contributed by atoms with Crippen LogP contribution in [0.25, 0.3) is 0 Å². The molecule has 5 amide bonds. The van der Waals surface area contributed by atoms with Gasteiger partial charge < -0.3 is 19.9 Å². The molecular formula is C24H28ClN5O5. The molecule has 1 aromatic rings. The van der Waals surface area contributed by atoms with Crippen LogP contribution in [0.2, 0.25) is 5.02 Å². The number of amides is 5. The van der Waals surface area contributed by atoms with Crippen molar-refractivity contribution in [2.24, 2.45) is 5.92 Å². The summed E-state index contributed by atoms with van der Waals surface area (Å²) in [5.74, 6) is -1.18. The number of halogens is 1. The second-order valence-corrected chi connectivity index (χ2v) is 9.91. The highest BCUT2D eigenvalue weighted by molar-refractivity contribution is 6.33. The van der Waals surface area contributed by atoms with Crippen molar-refractivity contribution < 1.29 is 23.9 Å². The zero-order valence-corrected chi connectivity index (χ0v) is 21.0. The van der Waals surface area contributed by atoms with E-state index < -0.39 is 41.6 Å². The number of likely N-dealkylation sites (tertiary alicyclic amines) is 1. The fourth-order valence-corrected chi connectivity index (χ4v) is 5.61. The van der Waals surface area contributed by atoms with Gasteiger partial charge in [0.2, 0.25) is 0 Å². The third-order valence-electron chi connectivity index (χ3n) is 7.82. The number of imide groups is 1. The van der Waals surface area contributed by atoms with Crippen LogP contribution in [0.1, 0.15) is 44.7 Å². The number of methoxy groups -OCH3 is 1. The molecule has 11 heteroatoms. The molecule has 0 radical (unpaired) electrons. The molecular weight excluding hydrogens is 474 g/mol. The van der Waals surface area contributed by atoms with E-state index in [4.69, 9.17) is 16.3 Å². The number of anilines is 1. The predicted octanol–water partition coefficient (Wildman–Crippen LogP) is 2.80. The average molecular weight is 502 g/mol. The number of urea groups is 2. The normalized spacial score (nSPS) is 25.3. The third kappa shape index (κ3) is 3.52. The Morgan fingerprint density at radius 3 is 2.66 bits per heavy atom. The molecule has 3 aliphatic heterocycles. The maximum atomic E-state index is 13.5. The number of carbonyl (C=O) groups is 4. The van der Waals surface area contributed by atoms with Gasteiger partial charge in [-0.2, -0.15) is 5.26 Å². The lowest BCUT2D eigenvalue weighted by Crippen LogP contribution is -2.63. The minimum absolute atomic E-state index is 0.189. The molecule has 0 aliphatic carbocycles. The quantitative estimate of drug-likeness (QED) is 0.489. The Hall–Kier alpha value is -3.32. The number of nitriles is 1. The maximum absolute atomic E-state index is 13.5. The van der Waals surface area contributed by atoms with E-state index in [0.29, 0.717) is 24.1 Å². The fourth-order valence-electron chi connectivity index (χ4n) is 5.41. The summed E-state index contributed by atoms with van der Waals surface area (Å²) in [6, 6.07) is 2.41. The lowest BCUT2D eigenvalue weighted by molar-refractivity contribution is -0.149. The topological polar surface area (TPSA) is 123 Å². The first-order valence-corrected chi connectivity index (χ1v) is 11.9. The molecule has 3 aliphatic rings. The van der Waals surface area contributed by atoms with E-state index in [1.54, 1.807) is 18.7 Å². The van der Waals surface area contributed by atoms with Crippen molar-refractivity contribution in [2.45, 2.75) is 64.2 Å². The van der Waals surface area contributed by atoms with E-state index in [1.807, 2.05) is 19.9 Å². The van der Waals surface area contributed by atoms with Gasteiger partial charge in [0.15, 0.2) is 0 Å². The molecule has 10 nitrogen and oxygen atoms in total. The molecule has 3 fully saturated rings. The van der Waals surface area contributed by atoms with Gasteiger partial charge >= 0.3 is 18.0 Å². The average Bonchev–Trinajstić information content (AvgIpc) is 3.51. The van der Waals surface area contributed by atoms with E-state index in [9.17, 15) is 24.4 Å². The van der Waals surface area contributed by atoms with Crippen molar-refractivity contribution in [3.05, 3.63) is 28.3 Å². The molecule has 0 saturated carbocycles. The molecule has 1 N–H and O–H groups in total. The van der Waals surface area contributed by atoms with Crippen LogP contribution in [0, 0.1) is 24.2 Å². The zero-order valence-electron chi connectivity index (χ0n) is 20.3. The van der Waals surface area contributed by atoms with Crippen LogP contribution in [0.3, 0.4) is 0 Å². The van der Waals surface area contributed by atoms with Crippen LogP contribution in [0.4, 0.5) is 15.3 Å². The van der Waals surface area contributed by atoms with Gasteiger partial charge in [-0.05, 0) is 43.9 Å². The summed E-state index contributed by atoms with van der Waals surface area (Å²) in [6.07, 6.45) is 1.12. The molecule has 3 saturated heterocycles. The monoisotopic (exact) mass is 501 g/mol. The molecule has 0 spiro atoms. The van der Waals surface area contributed by atoms with Crippen LogP contribution in [0.5, 0.6) is 0 Å². The standard InChI is InChI=1S/C24H28ClN5O5/c1-6-12(2)24(4,21(32)35-5)27-22(33)28-11-15-9-17(28)19-20(31)30(23(34)29(15)19)16-8-7-14(10-26)18(25)13(16)3/h7-8,12,15,17,19H,6,9,11H2,1-5H3,(H,27,33)/t12-,15?,17?,19?,24-/m0/s1. The number of carbonyl (C=O) groups excluding carboxylic acids is 4. The molecule has 1 aromatic carbocycles. The van der Waals surface area contributed by atoms with Crippen molar-refractivity contribution in [3.63, 3.8) is 0 Å². The van der Waals surface area contributed by atoms with Crippen molar-refractivity contribution in [1.29, 1.82) is 5.26 Å². The van der Waals surface area contributed by atoms with Gasteiger partial charge in [0, 0.05) is 6.54 Å². The lowest BCUT2D eigenvalue weighted by Gasteiger charge is -2.39. The summed E-state index contributed by atoms with van der Waals surface area (Å²) in [5.41, 5.74) is -0.202. The number of fused-ring (bicyclic) bond motifs is 5. The summed E-state index contributed by atoms with van der Waals surface area (Å²) >= 11 is 6.28. The van der Waals surface area contributed by atoms with Crippen LogP contribution in [-0.4, -0.2) is 71.1 Å². The van der Waals surface area contributed by atoms with E-state index in [0.717, 1.165) is 4.90 Å². The number of piperazine rings is 1. The first-order chi connectivity index (χ1) is 16.5. The fraction of sp³-hybridized carbons (Fsp3) is 0.542. The Balaban J connectivity index is 1.60. The van der Waals surface area contributed by atoms with Gasteiger partial charge in [-0.1, -0.05) is 31.9 Å². The Morgan fingerprint density at radius 2 is 2.06 bits per heavy atom. The number of nitrogens with zero attached hydrogens (tertiary/aromatic N) is 4. The summed E-state index contributed by atoms with van der Waals surface area (Å²) in [4.78, 5) is 56.8. The highest BCUT2D eigenvalue weighted by Crippen LogP contribution is 2.43. The van der Waals surface area contributed by atoms with Crippen LogP contribution < -0.4 is 10.2 Å². The second-order valence-electron chi connectivity index (χ2n) is 9.53. The minimum atomic E-state index is -1.24. The van der Waals surface area contributed by atoms with E-state index in [1.165, 1.54) is 24.1 Å². The summed E-state index contributed by atoms with van der Waals surface area (Å²) in [6.45, 7) is 7.32. The van der Waals surface area contributed by atoms with Gasteiger partial charge in [0.25, 0.3) is 5.91 Å². The smallest absolute Gasteiger partial charge is 0.332 e. The maximum Gasteiger partial charge on any atom is 0.332 e. The van der Waals surface area contributed by atoms with Gasteiger partial charge in [-0.3, -0.25) is 4.79 Å². The van der Waals surface area contributed by atoms with Crippen molar-refractivity contribution in [2.75, 3.05) is 18.6 Å². The van der Waals surface area contributed by atoms with Crippen LogP contribution >= 0.6 is 11.6 Å². The number of ether oxygens (including phenoxy) is 1. The minimum Gasteiger partial charge on any atom is -0.467 e. The van der Waals surface area contributed by atoms with Gasteiger partial charge in [0.05, 0.1) is 35.5 Å². The SMILES string of the molecule is CC[C@H](C)[C@](C)(NC(=O)N1CC2CC1C1C(=O)N(c3ccc(C#N)c(Cl)c3C)C(=O)N21)C(=O)OC. The molecule has 5 atom stereocenters. The number of nitrogens with one attached hydrogen (secondary N) is 1. The largest absolute Gasteiger partial charge is 0.467 e. The number of benzene rings is 1. The van der Waals surface area contributed by atoms with E-state index >= 15 is 0 Å². The highest BCUT2D eigenvalue weighted by Gasteiger charge is 2.63. The molecule has 3 unspecified atom stereocenters. The Labute approximate surface area is 208 Å². The van der Waals surface area contributed by atoms with Crippen molar-refractivity contribution in [1.82, 2.24) is 15.1 Å². The van der Waals surface area contributed by atoms with Crippen molar-refractivity contribution in [3.8, 4) is 6.07 Å². The molecule has 0 aromatic heterocycles. The molecule has 4 rings (SSSR count). The summed E-state index contributed by atoms with van der Waals surface area (Å²) < 4.78 is 4.95. The van der Waals surface area contributed by atoms with Crippen LogP contribution in [0.15, 0.2) is 12.1 Å². The molecule has 2 bridgehead atoms. The Kier molecular flexibility index (Phi) is 6.18. The number of hydrogen-bond acceptors (Lipinski definition) is 6. The van der Waals surface area contributed by atoms with Gasteiger partial charge in [-0.25, -0.2) is 19.3 Å². The Morgan fingerprint density at radius 1 is 1.37 bits per heavy atom. The van der Waals surface area contributed by atoms with E-state index in [2.05, 4.69) is 5.32 Å². The van der Waals surface area contributed by atoms with Gasteiger partial charge in [0.1, 0.15) is 17.6 Å². The third-order valence-corrected chi connectivity index (χ3v) is 8.31. The predicted molar refractivity (Wildman–Crippen MR) is 127 cm³/mol. The van der Waals surface area contributed by atoms with E-state index in [-0.39, 0.29) is 29.1 Å². The van der Waals surface area contributed by atoms with Crippen molar-refractivity contribution >= 4 is 41.2 Å². The second kappa shape index (κ2) is 8.72. The zero-order chi connectivity index (χ0) is 25.8. The first-order valence-electron chi connectivity index (χ1n) is 11.5. The molecule has 35 heavy (non-hydrogen) atoms. The molecule has 186 valence electrons. The number of esters is 1. The Bertz CT molecular complexity index is 1170. The van der Waals surface area contributed by atoms with Gasteiger partial charge in [-0.15, -0.1) is 0 Å². The summed E-state index contributed by atoms with van der Waals surface area (Å²) in [5, 5.41) is 12.2. The highest BCUT2D eigenvalue weighted by atomic mass is 35.5. The summed E-state index contributed by atoms with van der Waals surface area (Å²) in [7, 11) is 1.28. The number of rotatable bonds is 5. The molecule has 3 heterocycles. The number of hydrogen-bond donors (Lipinski definition) is 1. The van der Waals surface area contributed by atoms with Crippen LogP contribution in [-0.2, 0) is 14.3 Å². The first kappa shape index (κ1) is 24.8. The lowest BCUT2D eigenvalue weighted by atomic mass is 9.85.